The van der Waals surface area contributed by atoms with Crippen molar-refractivity contribution in [1.82, 2.24) is 5.32 Å². The Labute approximate surface area is 114 Å². The van der Waals surface area contributed by atoms with Gasteiger partial charge in [0, 0.05) is 0 Å². The first-order chi connectivity index (χ1) is 8.57. The number of alkyl carbamates (subject to hydrolysis) is 1. The number of hydrogen-bond donors (Lipinski definition) is 2. The van der Waals surface area contributed by atoms with Crippen LogP contribution in [0.5, 0.6) is 0 Å². The van der Waals surface area contributed by atoms with E-state index in [1.807, 2.05) is 13.8 Å². The van der Waals surface area contributed by atoms with Crippen LogP contribution >= 0.6 is 0 Å². The molecule has 1 rings (SSSR count). The smallest absolute Gasteiger partial charge is 0.408 e. The van der Waals surface area contributed by atoms with Crippen LogP contribution < -0.4 is 5.32 Å². The van der Waals surface area contributed by atoms with Gasteiger partial charge in [0.1, 0.15) is 5.60 Å². The van der Waals surface area contributed by atoms with Crippen LogP contribution in [0.3, 0.4) is 0 Å². The Kier molecular flexibility index (Phi) is 4.28. The molecular formula is C14H23NO4. The number of rotatable bonds is 3. The van der Waals surface area contributed by atoms with E-state index in [-0.39, 0.29) is 12.0 Å². The van der Waals surface area contributed by atoms with Gasteiger partial charge in [0.25, 0.3) is 0 Å². The lowest BCUT2D eigenvalue weighted by atomic mass is 9.76. The quantitative estimate of drug-likeness (QED) is 0.772. The van der Waals surface area contributed by atoms with Crippen LogP contribution in [0.15, 0.2) is 12.2 Å². The Morgan fingerprint density at radius 2 is 2.00 bits per heavy atom. The molecule has 1 aliphatic carbocycles. The molecule has 19 heavy (non-hydrogen) atoms. The molecule has 2 N–H and O–H groups in total. The molecule has 0 aliphatic heterocycles. The van der Waals surface area contributed by atoms with Crippen molar-refractivity contribution in [3.05, 3.63) is 12.2 Å². The zero-order chi connectivity index (χ0) is 14.8. The third-order valence-corrected chi connectivity index (χ3v) is 3.31. The lowest BCUT2D eigenvalue weighted by molar-refractivity contribution is -0.148. The molecule has 0 fully saturated rings. The van der Waals surface area contributed by atoms with Crippen molar-refractivity contribution in [2.45, 2.75) is 52.7 Å². The third kappa shape index (κ3) is 3.72. The molecule has 0 unspecified atom stereocenters. The van der Waals surface area contributed by atoms with Crippen LogP contribution in [-0.2, 0) is 9.53 Å². The number of aliphatic carboxylic acids is 1. The first kappa shape index (κ1) is 15.5. The molecule has 0 aromatic heterocycles. The summed E-state index contributed by atoms with van der Waals surface area (Å²) in [5, 5.41) is 12.1. The van der Waals surface area contributed by atoms with Crippen LogP contribution in [0.1, 0.15) is 41.0 Å². The van der Waals surface area contributed by atoms with Gasteiger partial charge in [-0.2, -0.15) is 0 Å². The molecule has 0 spiro atoms. The summed E-state index contributed by atoms with van der Waals surface area (Å²) in [7, 11) is 0. The van der Waals surface area contributed by atoms with E-state index in [0.29, 0.717) is 6.42 Å². The Hall–Kier alpha value is -1.52. The summed E-state index contributed by atoms with van der Waals surface area (Å²) in [5.74, 6) is -0.890. The molecule has 0 aromatic rings. The van der Waals surface area contributed by atoms with Gasteiger partial charge in [-0.05, 0) is 33.1 Å². The minimum Gasteiger partial charge on any atom is -0.481 e. The SMILES string of the molecule is CC(C)[C@@]1(C(=O)O)C=C[C@H](NC(=O)OC(C)(C)C)C1. The van der Waals surface area contributed by atoms with Gasteiger partial charge in [-0.1, -0.05) is 26.0 Å². The minimum atomic E-state index is -0.903. The van der Waals surface area contributed by atoms with Crippen molar-refractivity contribution in [3.63, 3.8) is 0 Å². The fourth-order valence-electron chi connectivity index (χ4n) is 2.18. The van der Waals surface area contributed by atoms with E-state index < -0.39 is 23.1 Å². The molecule has 0 heterocycles. The number of carboxylic acid groups (broad SMARTS) is 1. The Morgan fingerprint density at radius 3 is 2.37 bits per heavy atom. The molecule has 5 heteroatoms. The number of nitrogens with one attached hydrogen (secondary N) is 1. The van der Waals surface area contributed by atoms with E-state index in [2.05, 4.69) is 5.32 Å². The van der Waals surface area contributed by atoms with E-state index in [1.165, 1.54) is 0 Å². The second-order valence-electron chi connectivity index (χ2n) is 6.32. The molecule has 0 saturated heterocycles. The van der Waals surface area contributed by atoms with E-state index in [9.17, 15) is 14.7 Å². The average Bonchev–Trinajstić information content (AvgIpc) is 2.59. The summed E-state index contributed by atoms with van der Waals surface area (Å²) in [5.41, 5.74) is -1.46. The predicted octanol–water partition coefficient (Wildman–Crippen LogP) is 2.57. The number of carbonyl (C=O) groups is 2. The van der Waals surface area contributed by atoms with Crippen LogP contribution in [-0.4, -0.2) is 28.8 Å². The summed E-state index contributed by atoms with van der Waals surface area (Å²) in [6.45, 7) is 9.09. The average molecular weight is 269 g/mol. The second-order valence-corrected chi connectivity index (χ2v) is 6.32. The van der Waals surface area contributed by atoms with E-state index >= 15 is 0 Å². The number of carboxylic acids is 1. The van der Waals surface area contributed by atoms with Gasteiger partial charge >= 0.3 is 12.1 Å². The van der Waals surface area contributed by atoms with Crippen molar-refractivity contribution in [3.8, 4) is 0 Å². The van der Waals surface area contributed by atoms with E-state index in [0.717, 1.165) is 0 Å². The summed E-state index contributed by atoms with van der Waals surface area (Å²) >= 11 is 0. The highest BCUT2D eigenvalue weighted by atomic mass is 16.6. The van der Waals surface area contributed by atoms with Gasteiger partial charge < -0.3 is 15.2 Å². The number of ether oxygens (including phenoxy) is 1. The zero-order valence-electron chi connectivity index (χ0n) is 12.2. The number of amides is 1. The Balaban J connectivity index is 2.65. The van der Waals surface area contributed by atoms with Gasteiger partial charge in [-0.3, -0.25) is 4.79 Å². The first-order valence-corrected chi connectivity index (χ1v) is 6.49. The van der Waals surface area contributed by atoms with Crippen molar-refractivity contribution in [2.24, 2.45) is 11.3 Å². The van der Waals surface area contributed by atoms with Crippen LogP contribution in [0.2, 0.25) is 0 Å². The molecular weight excluding hydrogens is 246 g/mol. The maximum Gasteiger partial charge on any atom is 0.408 e. The summed E-state index contributed by atoms with van der Waals surface area (Å²) < 4.78 is 5.16. The van der Waals surface area contributed by atoms with Gasteiger partial charge in [0.2, 0.25) is 0 Å². The highest BCUT2D eigenvalue weighted by molar-refractivity contribution is 5.79. The largest absolute Gasteiger partial charge is 0.481 e. The summed E-state index contributed by atoms with van der Waals surface area (Å²) in [4.78, 5) is 23.1. The standard InChI is InChI=1S/C14H23NO4/c1-9(2)14(11(16)17)7-6-10(8-14)15-12(18)19-13(3,4)5/h6-7,9-10H,8H2,1-5H3,(H,15,18)(H,16,17)/t10-,14+/m0/s1. The predicted molar refractivity (Wildman–Crippen MR) is 71.8 cm³/mol. The summed E-state index contributed by atoms with van der Waals surface area (Å²) in [6, 6.07) is -0.298. The van der Waals surface area contributed by atoms with Gasteiger partial charge in [-0.25, -0.2) is 4.79 Å². The van der Waals surface area contributed by atoms with Crippen molar-refractivity contribution >= 4 is 12.1 Å². The topological polar surface area (TPSA) is 75.6 Å². The highest BCUT2D eigenvalue weighted by Gasteiger charge is 2.44. The Morgan fingerprint density at radius 1 is 1.42 bits per heavy atom. The molecule has 1 aliphatic rings. The second kappa shape index (κ2) is 5.23. The fourth-order valence-corrected chi connectivity index (χ4v) is 2.18. The van der Waals surface area contributed by atoms with Gasteiger partial charge in [0.05, 0.1) is 11.5 Å². The van der Waals surface area contributed by atoms with Crippen LogP contribution in [0.4, 0.5) is 4.79 Å². The monoisotopic (exact) mass is 269 g/mol. The molecule has 0 radical (unpaired) electrons. The number of hydrogen-bond acceptors (Lipinski definition) is 3. The normalized spacial score (nSPS) is 26.5. The third-order valence-electron chi connectivity index (χ3n) is 3.31. The molecule has 2 atom stereocenters. The molecule has 1 amide bonds. The van der Waals surface area contributed by atoms with E-state index in [4.69, 9.17) is 4.74 Å². The maximum atomic E-state index is 11.7. The lowest BCUT2D eigenvalue weighted by Crippen LogP contribution is -2.41. The molecule has 0 saturated carbocycles. The lowest BCUT2D eigenvalue weighted by Gasteiger charge is -2.28. The van der Waals surface area contributed by atoms with Gasteiger partial charge in [-0.15, -0.1) is 0 Å². The highest BCUT2D eigenvalue weighted by Crippen LogP contribution is 2.39. The summed E-state index contributed by atoms with van der Waals surface area (Å²) in [6.07, 6.45) is 3.26. The van der Waals surface area contributed by atoms with E-state index in [1.54, 1.807) is 32.9 Å². The van der Waals surface area contributed by atoms with Crippen molar-refractivity contribution < 1.29 is 19.4 Å². The molecule has 0 aromatic carbocycles. The molecule has 0 bridgehead atoms. The van der Waals surface area contributed by atoms with Crippen LogP contribution in [0, 0.1) is 11.3 Å². The Bertz CT molecular complexity index is 395. The van der Waals surface area contributed by atoms with Gasteiger partial charge in [0.15, 0.2) is 0 Å². The molecule has 5 nitrogen and oxygen atoms in total. The minimum absolute atomic E-state index is 0.0355. The van der Waals surface area contributed by atoms with Crippen LogP contribution in [0.25, 0.3) is 0 Å². The zero-order valence-corrected chi connectivity index (χ0v) is 12.2. The van der Waals surface area contributed by atoms with Crippen molar-refractivity contribution in [1.29, 1.82) is 0 Å². The van der Waals surface area contributed by atoms with Crippen molar-refractivity contribution in [2.75, 3.05) is 0 Å². The maximum absolute atomic E-state index is 11.7. The first-order valence-electron chi connectivity index (χ1n) is 6.49. The number of carbonyl (C=O) groups excluding carboxylic acids is 1. The fraction of sp³-hybridized carbons (Fsp3) is 0.714. The molecule has 108 valence electrons.